The molecule has 1 fully saturated rings. The molecule has 0 atom stereocenters. The second-order valence-electron chi connectivity index (χ2n) is 6.87. The van der Waals surface area contributed by atoms with Gasteiger partial charge in [0.2, 0.25) is 0 Å². The lowest BCUT2D eigenvalue weighted by molar-refractivity contribution is 0.949. The number of benzene rings is 3. The molecule has 0 bridgehead atoms. The number of rotatable bonds is 2. The molecule has 0 spiro atoms. The maximum atomic E-state index is 12.7. The Bertz CT molecular complexity index is 1170. The minimum absolute atomic E-state index is 0.0841. The van der Waals surface area contributed by atoms with E-state index in [1.807, 2.05) is 30.3 Å². The number of hydrogen-bond acceptors (Lipinski definition) is 3. The molecule has 1 aliphatic rings. The van der Waals surface area contributed by atoms with E-state index in [1.54, 1.807) is 0 Å². The van der Waals surface area contributed by atoms with Crippen LogP contribution < -0.4 is 10.5 Å². The zero-order valence-corrected chi connectivity index (χ0v) is 14.4. The smallest absolute Gasteiger partial charge is 0.259 e. The summed E-state index contributed by atoms with van der Waals surface area (Å²) >= 11 is 0. The van der Waals surface area contributed by atoms with E-state index < -0.39 is 0 Å². The zero-order valence-electron chi connectivity index (χ0n) is 14.4. The summed E-state index contributed by atoms with van der Waals surface area (Å²) in [7, 11) is 0. The molecule has 1 aromatic heterocycles. The van der Waals surface area contributed by atoms with Crippen molar-refractivity contribution in [3.05, 3.63) is 71.0 Å². The minimum atomic E-state index is -0.0841. The first-order chi connectivity index (χ1) is 12.8. The molecule has 4 heteroatoms. The van der Waals surface area contributed by atoms with Crippen LogP contribution in [0.15, 0.2) is 65.5 Å². The molecule has 0 saturated carbocycles. The summed E-state index contributed by atoms with van der Waals surface area (Å²) < 4.78 is 0. The van der Waals surface area contributed by atoms with Gasteiger partial charge < -0.3 is 9.88 Å². The van der Waals surface area contributed by atoms with Crippen LogP contribution in [0.25, 0.3) is 33.1 Å². The minimum Gasteiger partial charge on any atom is -0.372 e. The Morgan fingerprint density at radius 1 is 0.885 bits per heavy atom. The molecule has 26 heavy (non-hydrogen) atoms. The number of fused-ring (bicyclic) bond motifs is 2. The number of H-pyrrole nitrogens is 1. The molecule has 0 aliphatic carbocycles. The molecular formula is C22H19N3O. The molecule has 1 N–H and O–H groups in total. The van der Waals surface area contributed by atoms with E-state index in [4.69, 9.17) is 4.98 Å². The van der Waals surface area contributed by atoms with Crippen LogP contribution in [-0.2, 0) is 0 Å². The topological polar surface area (TPSA) is 49.0 Å². The van der Waals surface area contributed by atoms with Gasteiger partial charge in [0, 0.05) is 24.3 Å². The van der Waals surface area contributed by atoms with Crippen molar-refractivity contribution >= 4 is 27.4 Å². The fourth-order valence-electron chi connectivity index (χ4n) is 3.77. The lowest BCUT2D eigenvalue weighted by atomic mass is 10.1. The van der Waals surface area contributed by atoms with Gasteiger partial charge in [-0.05, 0) is 47.9 Å². The first-order valence-corrected chi connectivity index (χ1v) is 9.06. The number of hydrogen-bond donors (Lipinski definition) is 1. The number of anilines is 1. The summed E-state index contributed by atoms with van der Waals surface area (Å²) in [5.41, 5.74) is 2.69. The van der Waals surface area contributed by atoms with Gasteiger partial charge in [-0.3, -0.25) is 4.79 Å². The van der Waals surface area contributed by atoms with Crippen molar-refractivity contribution in [1.29, 1.82) is 0 Å². The van der Waals surface area contributed by atoms with Crippen LogP contribution in [-0.4, -0.2) is 23.1 Å². The van der Waals surface area contributed by atoms with Gasteiger partial charge in [-0.25, -0.2) is 4.98 Å². The van der Waals surface area contributed by atoms with Gasteiger partial charge in [0.1, 0.15) is 5.82 Å². The second-order valence-corrected chi connectivity index (χ2v) is 6.87. The van der Waals surface area contributed by atoms with E-state index in [1.165, 1.54) is 18.2 Å². The van der Waals surface area contributed by atoms with Crippen molar-refractivity contribution in [3.8, 4) is 11.4 Å². The second kappa shape index (κ2) is 5.99. The highest BCUT2D eigenvalue weighted by Gasteiger charge is 2.14. The van der Waals surface area contributed by atoms with Crippen molar-refractivity contribution in [1.82, 2.24) is 9.97 Å². The fourth-order valence-corrected chi connectivity index (χ4v) is 3.77. The lowest BCUT2D eigenvalue weighted by Gasteiger charge is -2.17. The Kier molecular flexibility index (Phi) is 3.49. The highest BCUT2D eigenvalue weighted by Crippen LogP contribution is 2.25. The van der Waals surface area contributed by atoms with Crippen molar-refractivity contribution in [2.75, 3.05) is 18.0 Å². The van der Waals surface area contributed by atoms with Gasteiger partial charge in [-0.2, -0.15) is 0 Å². The number of nitrogens with one attached hydrogen (secondary N) is 1. The molecule has 128 valence electrons. The van der Waals surface area contributed by atoms with Crippen molar-refractivity contribution in [2.24, 2.45) is 0 Å². The van der Waals surface area contributed by atoms with Gasteiger partial charge in [0.05, 0.1) is 10.9 Å². The van der Waals surface area contributed by atoms with Gasteiger partial charge in [0.25, 0.3) is 5.56 Å². The van der Waals surface area contributed by atoms with Crippen LogP contribution in [0.2, 0.25) is 0 Å². The van der Waals surface area contributed by atoms with Crippen LogP contribution in [0.5, 0.6) is 0 Å². The summed E-state index contributed by atoms with van der Waals surface area (Å²) in [5, 5.41) is 2.96. The van der Waals surface area contributed by atoms with E-state index in [2.05, 4.69) is 40.2 Å². The summed E-state index contributed by atoms with van der Waals surface area (Å²) in [4.78, 5) is 22.7. The lowest BCUT2D eigenvalue weighted by Crippen LogP contribution is -2.18. The summed E-state index contributed by atoms with van der Waals surface area (Å²) in [6, 6.07) is 20.3. The summed E-state index contributed by atoms with van der Waals surface area (Å²) in [6.45, 7) is 2.12. The molecule has 0 radical (unpaired) electrons. The summed E-state index contributed by atoms with van der Waals surface area (Å²) in [5.74, 6) is 0.613. The summed E-state index contributed by atoms with van der Waals surface area (Å²) in [6.07, 6.45) is 2.43. The predicted molar refractivity (Wildman–Crippen MR) is 107 cm³/mol. The molecule has 1 aliphatic heterocycles. The average molecular weight is 341 g/mol. The SMILES string of the molecule is O=c1[nH]c(-c2ccc3ccccc3c2)nc2ccc(N3CCCC3)cc12. The molecule has 4 aromatic rings. The Hall–Kier alpha value is -3.14. The van der Waals surface area contributed by atoms with Crippen molar-refractivity contribution in [3.63, 3.8) is 0 Å². The number of nitrogens with zero attached hydrogens (tertiary/aromatic N) is 2. The van der Waals surface area contributed by atoms with Gasteiger partial charge in [-0.1, -0.05) is 36.4 Å². The predicted octanol–water partition coefficient (Wildman–Crippen LogP) is 4.34. The van der Waals surface area contributed by atoms with Crippen molar-refractivity contribution < 1.29 is 0 Å². The normalized spacial score (nSPS) is 14.4. The Morgan fingerprint density at radius 2 is 1.69 bits per heavy atom. The molecular weight excluding hydrogens is 322 g/mol. The third kappa shape index (κ3) is 2.54. The van der Waals surface area contributed by atoms with E-state index >= 15 is 0 Å². The van der Waals surface area contributed by atoms with E-state index in [0.717, 1.165) is 35.2 Å². The largest absolute Gasteiger partial charge is 0.372 e. The molecule has 5 rings (SSSR count). The van der Waals surface area contributed by atoms with Crippen molar-refractivity contribution in [2.45, 2.75) is 12.8 Å². The van der Waals surface area contributed by atoms with E-state index in [0.29, 0.717) is 11.2 Å². The monoisotopic (exact) mass is 341 g/mol. The van der Waals surface area contributed by atoms with Crippen LogP contribution in [0.3, 0.4) is 0 Å². The van der Waals surface area contributed by atoms with Gasteiger partial charge >= 0.3 is 0 Å². The van der Waals surface area contributed by atoms with Gasteiger partial charge in [-0.15, -0.1) is 0 Å². The Labute approximate surface area is 151 Å². The molecule has 3 aromatic carbocycles. The molecule has 1 saturated heterocycles. The quantitative estimate of drug-likeness (QED) is 0.590. The number of aromatic amines is 1. The maximum Gasteiger partial charge on any atom is 0.259 e. The molecule has 2 heterocycles. The highest BCUT2D eigenvalue weighted by molar-refractivity contribution is 5.88. The first-order valence-electron chi connectivity index (χ1n) is 9.06. The fraction of sp³-hybridized carbons (Fsp3) is 0.182. The standard InChI is InChI=1S/C22H19N3O/c26-22-19-14-18(25-11-3-4-12-25)9-10-20(19)23-21(24-22)17-8-7-15-5-1-2-6-16(15)13-17/h1-2,5-10,13-14H,3-4,11-12H2,(H,23,24,26). The van der Waals surface area contributed by atoms with Crippen LogP contribution in [0, 0.1) is 0 Å². The molecule has 4 nitrogen and oxygen atoms in total. The van der Waals surface area contributed by atoms with Gasteiger partial charge in [0.15, 0.2) is 0 Å². The third-order valence-electron chi connectivity index (χ3n) is 5.18. The van der Waals surface area contributed by atoms with Crippen LogP contribution >= 0.6 is 0 Å². The highest BCUT2D eigenvalue weighted by atomic mass is 16.1. The Balaban J connectivity index is 1.62. The van der Waals surface area contributed by atoms with Crippen LogP contribution in [0.1, 0.15) is 12.8 Å². The maximum absolute atomic E-state index is 12.7. The van der Waals surface area contributed by atoms with Crippen LogP contribution in [0.4, 0.5) is 5.69 Å². The zero-order chi connectivity index (χ0) is 17.5. The van der Waals surface area contributed by atoms with E-state index in [-0.39, 0.29) is 5.56 Å². The third-order valence-corrected chi connectivity index (χ3v) is 5.18. The Morgan fingerprint density at radius 3 is 2.54 bits per heavy atom. The molecule has 0 unspecified atom stereocenters. The first kappa shape index (κ1) is 15.1. The van der Waals surface area contributed by atoms with E-state index in [9.17, 15) is 4.79 Å². The molecule has 0 amide bonds. The number of aromatic nitrogens is 2. The average Bonchev–Trinajstić information content (AvgIpc) is 3.22.